The average Bonchev–Trinajstić information content (AvgIpc) is 2.61. The van der Waals surface area contributed by atoms with Crippen LogP contribution < -0.4 is 15.4 Å². The van der Waals surface area contributed by atoms with E-state index in [1.165, 1.54) is 0 Å². The third-order valence-electron chi connectivity index (χ3n) is 3.56. The van der Waals surface area contributed by atoms with Crippen molar-refractivity contribution in [3.63, 3.8) is 0 Å². The summed E-state index contributed by atoms with van der Waals surface area (Å²) in [5, 5.41) is 5.64. The van der Waals surface area contributed by atoms with Gasteiger partial charge in [-0.2, -0.15) is 0 Å². The molecule has 0 radical (unpaired) electrons. The number of amides is 2. The molecule has 0 saturated heterocycles. The number of benzene rings is 2. The standard InChI is InChI=1S/C19H23N3O3/c1-22(2)11-10-20-18(23)14-6-4-8-16(12-14)21-19(24)15-7-5-9-17(13-15)25-3/h4-9,12-13H,10-11H2,1-3H3,(H,20,23)(H,21,24). The first-order valence-corrected chi connectivity index (χ1v) is 7.98. The molecule has 0 aliphatic rings. The number of ether oxygens (including phenoxy) is 1. The van der Waals surface area contributed by atoms with E-state index in [2.05, 4.69) is 10.6 Å². The molecule has 0 fully saturated rings. The summed E-state index contributed by atoms with van der Waals surface area (Å²) in [4.78, 5) is 26.5. The van der Waals surface area contributed by atoms with Gasteiger partial charge in [0, 0.05) is 29.9 Å². The fourth-order valence-corrected chi connectivity index (χ4v) is 2.20. The quantitative estimate of drug-likeness (QED) is 0.810. The summed E-state index contributed by atoms with van der Waals surface area (Å²) in [5.74, 6) is 0.185. The highest BCUT2D eigenvalue weighted by Crippen LogP contribution is 2.16. The number of carbonyl (C=O) groups is 2. The number of nitrogens with zero attached hydrogens (tertiary/aromatic N) is 1. The summed E-state index contributed by atoms with van der Waals surface area (Å²) < 4.78 is 5.12. The van der Waals surface area contributed by atoms with Crippen molar-refractivity contribution in [2.24, 2.45) is 0 Å². The van der Waals surface area contributed by atoms with Crippen molar-refractivity contribution >= 4 is 17.5 Å². The molecule has 2 amide bonds. The van der Waals surface area contributed by atoms with Gasteiger partial charge >= 0.3 is 0 Å². The molecule has 2 rings (SSSR count). The molecule has 6 heteroatoms. The molecule has 0 bridgehead atoms. The smallest absolute Gasteiger partial charge is 0.255 e. The summed E-state index contributed by atoms with van der Waals surface area (Å²) in [6.07, 6.45) is 0. The zero-order valence-electron chi connectivity index (χ0n) is 14.7. The molecule has 0 aliphatic heterocycles. The normalized spacial score (nSPS) is 10.4. The Morgan fingerprint density at radius 1 is 1.00 bits per heavy atom. The van der Waals surface area contributed by atoms with Gasteiger partial charge in [0.15, 0.2) is 0 Å². The molecular weight excluding hydrogens is 318 g/mol. The van der Waals surface area contributed by atoms with Crippen LogP contribution in [0, 0.1) is 0 Å². The topological polar surface area (TPSA) is 70.7 Å². The summed E-state index contributed by atoms with van der Waals surface area (Å²) in [7, 11) is 5.44. The number of hydrogen-bond acceptors (Lipinski definition) is 4. The highest BCUT2D eigenvalue weighted by atomic mass is 16.5. The van der Waals surface area contributed by atoms with Gasteiger partial charge in [-0.15, -0.1) is 0 Å². The molecule has 25 heavy (non-hydrogen) atoms. The lowest BCUT2D eigenvalue weighted by Crippen LogP contribution is -2.31. The van der Waals surface area contributed by atoms with Crippen molar-refractivity contribution in [3.8, 4) is 5.75 Å². The first-order valence-electron chi connectivity index (χ1n) is 7.98. The monoisotopic (exact) mass is 341 g/mol. The summed E-state index contributed by atoms with van der Waals surface area (Å²) in [6.45, 7) is 1.32. The summed E-state index contributed by atoms with van der Waals surface area (Å²) in [5.41, 5.74) is 1.55. The van der Waals surface area contributed by atoms with Gasteiger partial charge in [0.2, 0.25) is 0 Å². The zero-order valence-corrected chi connectivity index (χ0v) is 14.7. The van der Waals surface area contributed by atoms with Crippen LogP contribution in [-0.4, -0.2) is 51.0 Å². The average molecular weight is 341 g/mol. The second kappa shape index (κ2) is 8.84. The number of carbonyl (C=O) groups excluding carboxylic acids is 2. The molecule has 0 saturated carbocycles. The molecule has 2 aromatic rings. The van der Waals surface area contributed by atoms with E-state index in [4.69, 9.17) is 4.74 Å². The number of hydrogen-bond donors (Lipinski definition) is 2. The van der Waals surface area contributed by atoms with Crippen LogP contribution in [0.4, 0.5) is 5.69 Å². The Balaban J connectivity index is 2.03. The minimum Gasteiger partial charge on any atom is -0.497 e. The van der Waals surface area contributed by atoms with E-state index in [-0.39, 0.29) is 11.8 Å². The first kappa shape index (κ1) is 18.5. The Bertz CT molecular complexity index is 744. The molecule has 0 spiro atoms. The van der Waals surface area contributed by atoms with Gasteiger partial charge in [0.25, 0.3) is 11.8 Å². The van der Waals surface area contributed by atoms with Crippen LogP contribution in [0.15, 0.2) is 48.5 Å². The maximum atomic E-state index is 12.3. The highest BCUT2D eigenvalue weighted by Gasteiger charge is 2.10. The predicted octanol–water partition coefficient (Wildman–Crippen LogP) is 2.24. The van der Waals surface area contributed by atoms with Crippen LogP contribution in [0.2, 0.25) is 0 Å². The fraction of sp³-hybridized carbons (Fsp3) is 0.263. The molecule has 132 valence electrons. The van der Waals surface area contributed by atoms with E-state index in [1.807, 2.05) is 19.0 Å². The van der Waals surface area contributed by atoms with Crippen LogP contribution in [0.3, 0.4) is 0 Å². The minimum absolute atomic E-state index is 0.167. The molecule has 0 atom stereocenters. The van der Waals surface area contributed by atoms with Gasteiger partial charge in [-0.05, 0) is 50.5 Å². The van der Waals surface area contributed by atoms with Gasteiger partial charge in [0.1, 0.15) is 5.75 Å². The van der Waals surface area contributed by atoms with Crippen molar-refractivity contribution in [1.29, 1.82) is 0 Å². The van der Waals surface area contributed by atoms with E-state index in [1.54, 1.807) is 55.6 Å². The largest absolute Gasteiger partial charge is 0.497 e. The van der Waals surface area contributed by atoms with Crippen molar-refractivity contribution in [1.82, 2.24) is 10.2 Å². The Kier molecular flexibility index (Phi) is 6.54. The number of anilines is 1. The lowest BCUT2D eigenvalue weighted by atomic mass is 10.1. The molecule has 0 aliphatic carbocycles. The van der Waals surface area contributed by atoms with Gasteiger partial charge in [-0.3, -0.25) is 9.59 Å². The first-order chi connectivity index (χ1) is 12.0. The van der Waals surface area contributed by atoms with Crippen LogP contribution in [0.25, 0.3) is 0 Å². The van der Waals surface area contributed by atoms with Crippen molar-refractivity contribution < 1.29 is 14.3 Å². The summed E-state index contributed by atoms with van der Waals surface area (Å²) in [6, 6.07) is 13.7. The van der Waals surface area contributed by atoms with Gasteiger partial charge in [-0.25, -0.2) is 0 Å². The van der Waals surface area contributed by atoms with E-state index >= 15 is 0 Å². The Hall–Kier alpha value is -2.86. The van der Waals surface area contributed by atoms with Crippen LogP contribution in [-0.2, 0) is 0 Å². The highest BCUT2D eigenvalue weighted by molar-refractivity contribution is 6.05. The zero-order chi connectivity index (χ0) is 18.2. The maximum absolute atomic E-state index is 12.3. The lowest BCUT2D eigenvalue weighted by Gasteiger charge is -2.11. The van der Waals surface area contributed by atoms with E-state index in [0.29, 0.717) is 29.1 Å². The van der Waals surface area contributed by atoms with Crippen LogP contribution in [0.5, 0.6) is 5.75 Å². The van der Waals surface area contributed by atoms with Gasteiger partial charge in [0.05, 0.1) is 7.11 Å². The molecule has 0 heterocycles. The molecule has 2 aromatic carbocycles. The molecular formula is C19H23N3O3. The molecule has 0 aromatic heterocycles. The third-order valence-corrected chi connectivity index (χ3v) is 3.56. The molecule has 2 N–H and O–H groups in total. The van der Waals surface area contributed by atoms with Gasteiger partial charge < -0.3 is 20.3 Å². The minimum atomic E-state index is -0.260. The Labute approximate surface area is 147 Å². The maximum Gasteiger partial charge on any atom is 0.255 e. The third kappa shape index (κ3) is 5.61. The fourth-order valence-electron chi connectivity index (χ4n) is 2.20. The molecule has 6 nitrogen and oxygen atoms in total. The summed E-state index contributed by atoms with van der Waals surface area (Å²) >= 11 is 0. The van der Waals surface area contributed by atoms with Gasteiger partial charge in [-0.1, -0.05) is 12.1 Å². The van der Waals surface area contributed by atoms with Crippen molar-refractivity contribution in [2.45, 2.75) is 0 Å². The van der Waals surface area contributed by atoms with Crippen LogP contribution in [0.1, 0.15) is 20.7 Å². The number of methoxy groups -OCH3 is 1. The predicted molar refractivity (Wildman–Crippen MR) is 98.3 cm³/mol. The van der Waals surface area contributed by atoms with E-state index in [0.717, 1.165) is 6.54 Å². The van der Waals surface area contributed by atoms with E-state index in [9.17, 15) is 9.59 Å². The number of nitrogens with one attached hydrogen (secondary N) is 2. The van der Waals surface area contributed by atoms with Crippen LogP contribution >= 0.6 is 0 Å². The van der Waals surface area contributed by atoms with E-state index < -0.39 is 0 Å². The lowest BCUT2D eigenvalue weighted by molar-refractivity contribution is 0.0949. The second-order valence-electron chi connectivity index (χ2n) is 5.83. The van der Waals surface area contributed by atoms with Crippen molar-refractivity contribution in [3.05, 3.63) is 59.7 Å². The number of likely N-dealkylation sites (N-methyl/N-ethyl adjacent to an activating group) is 1. The van der Waals surface area contributed by atoms with Crippen molar-refractivity contribution in [2.75, 3.05) is 39.6 Å². The SMILES string of the molecule is COc1cccc(C(=O)Nc2cccc(C(=O)NCCN(C)C)c2)c1. The second-order valence-corrected chi connectivity index (χ2v) is 5.83. The number of rotatable bonds is 7. The molecule has 0 unspecified atom stereocenters. The Morgan fingerprint density at radius 2 is 1.68 bits per heavy atom. The Morgan fingerprint density at radius 3 is 2.36 bits per heavy atom.